The number of benzene rings is 4. The third kappa shape index (κ3) is 6.37. The van der Waals surface area contributed by atoms with Gasteiger partial charge in [0.25, 0.3) is 5.91 Å². The number of nitrogens with zero attached hydrogens (tertiary/aromatic N) is 1. The van der Waals surface area contributed by atoms with Crippen molar-refractivity contribution >= 4 is 23.2 Å². The maximum Gasteiger partial charge on any atom is 0.273 e. The molecule has 4 aromatic carbocycles. The summed E-state index contributed by atoms with van der Waals surface area (Å²) in [6.07, 6.45) is 0. The number of aromatic nitrogens is 2. The molecule has 7 heteroatoms. The van der Waals surface area contributed by atoms with Gasteiger partial charge in [0.05, 0.1) is 5.69 Å². The highest BCUT2D eigenvalue weighted by Crippen LogP contribution is 2.34. The van der Waals surface area contributed by atoms with Gasteiger partial charge in [0, 0.05) is 22.3 Å². The van der Waals surface area contributed by atoms with Crippen LogP contribution in [0.2, 0.25) is 5.02 Å². The van der Waals surface area contributed by atoms with Gasteiger partial charge in [-0.05, 0) is 53.6 Å². The second-order valence-electron chi connectivity index (χ2n) is 8.33. The molecule has 5 aromatic rings. The Morgan fingerprint density at radius 1 is 0.784 bits per heavy atom. The normalized spacial score (nSPS) is 10.6. The van der Waals surface area contributed by atoms with Crippen LogP contribution in [-0.4, -0.2) is 16.1 Å². The number of anilines is 1. The van der Waals surface area contributed by atoms with Gasteiger partial charge >= 0.3 is 0 Å². The molecule has 0 aliphatic carbocycles. The number of aromatic amines is 1. The summed E-state index contributed by atoms with van der Waals surface area (Å²) in [5, 5.41) is 10.6. The van der Waals surface area contributed by atoms with Crippen LogP contribution < -0.4 is 14.8 Å². The van der Waals surface area contributed by atoms with E-state index in [2.05, 4.69) is 15.5 Å². The molecule has 1 heterocycles. The minimum absolute atomic E-state index is 0.310. The molecule has 184 valence electrons. The Balaban J connectivity index is 1.37. The highest BCUT2D eigenvalue weighted by Gasteiger charge is 2.16. The van der Waals surface area contributed by atoms with Crippen molar-refractivity contribution in [2.75, 3.05) is 5.32 Å². The zero-order valence-electron chi connectivity index (χ0n) is 19.9. The van der Waals surface area contributed by atoms with Gasteiger partial charge in [-0.1, -0.05) is 72.3 Å². The maximum atomic E-state index is 12.7. The molecule has 5 rings (SSSR count). The zero-order valence-corrected chi connectivity index (χ0v) is 20.6. The molecule has 0 unspecified atom stereocenters. The van der Waals surface area contributed by atoms with Gasteiger partial charge in [0.2, 0.25) is 0 Å². The van der Waals surface area contributed by atoms with Crippen molar-refractivity contribution in [1.29, 1.82) is 0 Å². The predicted molar refractivity (Wildman–Crippen MR) is 145 cm³/mol. The minimum Gasteiger partial charge on any atom is -0.489 e. The lowest BCUT2D eigenvalue weighted by atomic mass is 10.1. The Morgan fingerprint density at radius 3 is 2.11 bits per heavy atom. The van der Waals surface area contributed by atoms with E-state index < -0.39 is 0 Å². The molecule has 2 N–H and O–H groups in total. The third-order valence-corrected chi connectivity index (χ3v) is 5.89. The van der Waals surface area contributed by atoms with E-state index in [0.717, 1.165) is 16.7 Å². The van der Waals surface area contributed by atoms with Crippen LogP contribution in [0.15, 0.2) is 109 Å². The van der Waals surface area contributed by atoms with Crippen molar-refractivity contribution in [1.82, 2.24) is 10.2 Å². The number of ether oxygens (including phenoxy) is 2. The molecule has 37 heavy (non-hydrogen) atoms. The first-order valence-electron chi connectivity index (χ1n) is 11.7. The first-order valence-corrected chi connectivity index (χ1v) is 12.1. The molecule has 0 saturated carbocycles. The molecule has 0 spiro atoms. The van der Waals surface area contributed by atoms with Crippen LogP contribution >= 0.6 is 11.6 Å². The fourth-order valence-corrected chi connectivity index (χ4v) is 3.83. The number of amides is 1. The van der Waals surface area contributed by atoms with Gasteiger partial charge in [-0.2, -0.15) is 5.10 Å². The Morgan fingerprint density at radius 2 is 1.43 bits per heavy atom. The average molecular weight is 510 g/mol. The van der Waals surface area contributed by atoms with E-state index in [-0.39, 0.29) is 5.91 Å². The van der Waals surface area contributed by atoms with Gasteiger partial charge in [0.1, 0.15) is 30.4 Å². The van der Waals surface area contributed by atoms with Crippen LogP contribution in [0, 0.1) is 0 Å². The Kier molecular flexibility index (Phi) is 7.48. The van der Waals surface area contributed by atoms with E-state index in [1.807, 2.05) is 78.9 Å². The lowest BCUT2D eigenvalue weighted by Gasteiger charge is -2.13. The lowest BCUT2D eigenvalue weighted by Crippen LogP contribution is -2.12. The standard InChI is InChI=1S/C30H24ClN3O3/c31-23-11-13-24(14-12-23)32-30(35)28-18-27(33-34-28)26-16-15-25(36-19-21-7-3-1-4-8-21)17-29(26)37-20-22-9-5-2-6-10-22/h1-18H,19-20H2,(H,32,35)(H,33,34). The van der Waals surface area contributed by atoms with Gasteiger partial charge < -0.3 is 14.8 Å². The quantitative estimate of drug-likeness (QED) is 0.221. The number of hydrogen-bond donors (Lipinski definition) is 2. The Labute approximate surface area is 219 Å². The topological polar surface area (TPSA) is 76.2 Å². The highest BCUT2D eigenvalue weighted by atomic mass is 35.5. The third-order valence-electron chi connectivity index (χ3n) is 5.64. The van der Waals surface area contributed by atoms with Crippen LogP contribution in [0.3, 0.4) is 0 Å². The summed E-state index contributed by atoms with van der Waals surface area (Å²) in [6.45, 7) is 0.819. The highest BCUT2D eigenvalue weighted by molar-refractivity contribution is 6.30. The molecule has 0 aliphatic heterocycles. The number of carbonyl (C=O) groups is 1. The van der Waals surface area contributed by atoms with E-state index in [1.165, 1.54) is 0 Å². The summed E-state index contributed by atoms with van der Waals surface area (Å²) < 4.78 is 12.2. The van der Waals surface area contributed by atoms with Crippen LogP contribution in [0.4, 0.5) is 5.69 Å². The number of nitrogens with one attached hydrogen (secondary N) is 2. The molecule has 0 aliphatic rings. The summed E-state index contributed by atoms with van der Waals surface area (Å²) in [4.78, 5) is 12.7. The molecule has 1 amide bonds. The summed E-state index contributed by atoms with van der Waals surface area (Å²) >= 11 is 5.93. The number of rotatable bonds is 9. The first-order chi connectivity index (χ1) is 18.1. The summed E-state index contributed by atoms with van der Waals surface area (Å²) in [7, 11) is 0. The molecule has 6 nitrogen and oxygen atoms in total. The van der Waals surface area contributed by atoms with Crippen molar-refractivity contribution in [2.45, 2.75) is 13.2 Å². The van der Waals surface area contributed by atoms with Crippen molar-refractivity contribution in [3.8, 4) is 22.8 Å². The van der Waals surface area contributed by atoms with E-state index in [4.69, 9.17) is 21.1 Å². The Hall–Kier alpha value is -4.55. The van der Waals surface area contributed by atoms with E-state index in [9.17, 15) is 4.79 Å². The molecule has 0 fully saturated rings. The summed E-state index contributed by atoms with van der Waals surface area (Å²) in [5.74, 6) is 0.966. The van der Waals surface area contributed by atoms with Gasteiger partial charge in [-0.3, -0.25) is 9.89 Å². The van der Waals surface area contributed by atoms with Crippen LogP contribution in [-0.2, 0) is 13.2 Å². The first kappa shape index (κ1) is 24.2. The lowest BCUT2D eigenvalue weighted by molar-refractivity contribution is 0.102. The molecule has 0 atom stereocenters. The molecule has 0 bridgehead atoms. The van der Waals surface area contributed by atoms with E-state index in [0.29, 0.717) is 46.8 Å². The Bertz CT molecular complexity index is 1470. The fourth-order valence-electron chi connectivity index (χ4n) is 3.71. The number of H-pyrrole nitrogens is 1. The van der Waals surface area contributed by atoms with Crippen LogP contribution in [0.1, 0.15) is 21.6 Å². The van der Waals surface area contributed by atoms with Gasteiger partial charge in [-0.15, -0.1) is 0 Å². The minimum atomic E-state index is -0.310. The van der Waals surface area contributed by atoms with Crippen molar-refractivity contribution in [3.63, 3.8) is 0 Å². The largest absolute Gasteiger partial charge is 0.489 e. The molecule has 1 aromatic heterocycles. The van der Waals surface area contributed by atoms with E-state index in [1.54, 1.807) is 30.3 Å². The number of halogens is 1. The SMILES string of the molecule is O=C(Nc1ccc(Cl)cc1)c1cc(-c2ccc(OCc3ccccc3)cc2OCc2ccccc2)n[nH]1. The monoisotopic (exact) mass is 509 g/mol. The van der Waals surface area contributed by atoms with Crippen molar-refractivity contribution in [2.24, 2.45) is 0 Å². The van der Waals surface area contributed by atoms with Crippen molar-refractivity contribution in [3.05, 3.63) is 131 Å². The van der Waals surface area contributed by atoms with Crippen LogP contribution in [0.25, 0.3) is 11.3 Å². The average Bonchev–Trinajstić information content (AvgIpc) is 3.44. The molecular weight excluding hydrogens is 486 g/mol. The summed E-state index contributed by atoms with van der Waals surface area (Å²) in [5.41, 5.74) is 4.39. The molecular formula is C30H24ClN3O3. The summed E-state index contributed by atoms with van der Waals surface area (Å²) in [6, 6.07) is 34.1. The van der Waals surface area contributed by atoms with Crippen molar-refractivity contribution < 1.29 is 14.3 Å². The second-order valence-corrected chi connectivity index (χ2v) is 8.77. The van der Waals surface area contributed by atoms with E-state index >= 15 is 0 Å². The smallest absolute Gasteiger partial charge is 0.273 e. The van der Waals surface area contributed by atoms with Gasteiger partial charge in [0.15, 0.2) is 0 Å². The molecule has 0 radical (unpaired) electrons. The van der Waals surface area contributed by atoms with Gasteiger partial charge in [-0.25, -0.2) is 0 Å². The van der Waals surface area contributed by atoms with Crippen LogP contribution in [0.5, 0.6) is 11.5 Å². The number of hydrogen-bond acceptors (Lipinski definition) is 4. The molecule has 0 saturated heterocycles. The maximum absolute atomic E-state index is 12.7. The zero-order chi connectivity index (χ0) is 25.5. The fraction of sp³-hybridized carbons (Fsp3) is 0.0667. The predicted octanol–water partition coefficient (Wildman–Crippen LogP) is 7.14. The number of carbonyl (C=O) groups excluding carboxylic acids is 1. The second kappa shape index (κ2) is 11.5.